The van der Waals surface area contributed by atoms with E-state index in [2.05, 4.69) is 42.6 Å². The minimum atomic E-state index is -4.89. The highest BCUT2D eigenvalue weighted by atomic mass is 32.2. The summed E-state index contributed by atoms with van der Waals surface area (Å²) in [5.41, 5.74) is 22.9. The maximum absolute atomic E-state index is 11.4. The molecule has 4 rings (SSSR count). The van der Waals surface area contributed by atoms with Crippen LogP contribution >= 0.6 is 0 Å². The number of benzene rings is 4. The van der Waals surface area contributed by atoms with Crippen LogP contribution in [0.1, 0.15) is 11.1 Å². The number of hydrogen-bond acceptors (Lipinski definition) is 9. The first-order chi connectivity index (χ1) is 17.6. The van der Waals surface area contributed by atoms with E-state index in [0.29, 0.717) is 6.07 Å². The molecular formula is C25H28N4O7S2. The Morgan fingerprint density at radius 2 is 1.24 bits per heavy atom. The van der Waals surface area contributed by atoms with Gasteiger partial charge < -0.3 is 27.6 Å². The second-order valence-corrected chi connectivity index (χ2v) is 11.3. The first kappa shape index (κ1) is 28.5. The molecule has 38 heavy (non-hydrogen) atoms. The molecule has 0 radical (unpaired) electrons. The minimum Gasteiger partial charge on any atom is -0.505 e. The van der Waals surface area contributed by atoms with Gasteiger partial charge in [-0.2, -0.15) is 16.8 Å². The number of phenolic OH excluding ortho intramolecular Hbond substituents is 1. The molecule has 10 N–H and O–H groups in total. The summed E-state index contributed by atoms with van der Waals surface area (Å²) in [5, 5.41) is 12.4. The van der Waals surface area contributed by atoms with Gasteiger partial charge in [-0.1, -0.05) is 18.2 Å². The first-order valence-electron chi connectivity index (χ1n) is 11.0. The van der Waals surface area contributed by atoms with Crippen LogP contribution in [0.5, 0.6) is 5.75 Å². The molecule has 0 bridgehead atoms. The van der Waals surface area contributed by atoms with Crippen LogP contribution in [0, 0.1) is 13.8 Å². The van der Waals surface area contributed by atoms with E-state index in [9.17, 15) is 26.5 Å². The Morgan fingerprint density at radius 3 is 1.74 bits per heavy atom. The van der Waals surface area contributed by atoms with Crippen molar-refractivity contribution in [1.29, 1.82) is 0 Å². The molecule has 0 aromatic heterocycles. The topological polar surface area (TPSA) is 219 Å². The van der Waals surface area contributed by atoms with Gasteiger partial charge >= 0.3 is 0 Å². The van der Waals surface area contributed by atoms with Gasteiger partial charge in [0.05, 0.1) is 16.8 Å². The Bertz CT molecular complexity index is 1770. The van der Waals surface area contributed by atoms with E-state index < -0.39 is 46.9 Å². The second-order valence-electron chi connectivity index (χ2n) is 8.51. The Balaban J connectivity index is 0.000000215. The Hall–Kier alpha value is -4.04. The molecule has 4 aromatic carbocycles. The summed E-state index contributed by atoms with van der Waals surface area (Å²) in [5.74, 6) is -0.666. The van der Waals surface area contributed by atoms with Crippen molar-refractivity contribution in [2.45, 2.75) is 23.6 Å². The highest BCUT2D eigenvalue weighted by Crippen LogP contribution is 2.41. The molecule has 0 aliphatic carbocycles. The van der Waals surface area contributed by atoms with Crippen molar-refractivity contribution in [1.82, 2.24) is 0 Å². The average Bonchev–Trinajstić information content (AvgIpc) is 2.82. The molecule has 0 aliphatic heterocycles. The number of anilines is 4. The number of nitrogen functional groups attached to an aromatic ring is 3. The van der Waals surface area contributed by atoms with Gasteiger partial charge in [0, 0.05) is 23.8 Å². The molecule has 202 valence electrons. The van der Waals surface area contributed by atoms with Crippen LogP contribution in [0.2, 0.25) is 0 Å². The number of aryl methyl sites for hydroxylation is 2. The second kappa shape index (κ2) is 10.4. The quantitative estimate of drug-likeness (QED) is 0.108. The zero-order chi connectivity index (χ0) is 28.6. The van der Waals surface area contributed by atoms with Crippen LogP contribution in [0.25, 0.3) is 21.9 Å². The third kappa shape index (κ3) is 5.75. The van der Waals surface area contributed by atoms with Gasteiger partial charge in [0.1, 0.15) is 15.5 Å². The molecule has 11 nitrogen and oxygen atoms in total. The summed E-state index contributed by atoms with van der Waals surface area (Å²) in [6.45, 7) is 4.15. The molecule has 0 spiro atoms. The lowest BCUT2D eigenvalue weighted by Crippen LogP contribution is -2.08. The van der Waals surface area contributed by atoms with Gasteiger partial charge in [-0.3, -0.25) is 9.11 Å². The number of nitrogens with two attached hydrogens (primary N) is 3. The van der Waals surface area contributed by atoms with E-state index in [1.807, 2.05) is 20.0 Å². The SMILES string of the molecule is CNc1ccc(-c2ccc(N)c(C)c2)cc1C.Nc1ccc2c(S(=O)(=O)O)cc(S(=O)(=O)O)c(N)c2c1O. The van der Waals surface area contributed by atoms with Crippen molar-refractivity contribution in [2.75, 3.05) is 29.6 Å². The summed E-state index contributed by atoms with van der Waals surface area (Å²) in [7, 11) is -7.79. The number of fused-ring (bicyclic) bond motifs is 1. The van der Waals surface area contributed by atoms with Crippen molar-refractivity contribution >= 4 is 53.8 Å². The van der Waals surface area contributed by atoms with E-state index in [4.69, 9.17) is 21.8 Å². The maximum Gasteiger partial charge on any atom is 0.296 e. The van der Waals surface area contributed by atoms with E-state index in [0.717, 1.165) is 23.4 Å². The van der Waals surface area contributed by atoms with Gasteiger partial charge in [-0.15, -0.1) is 0 Å². The van der Waals surface area contributed by atoms with Crippen LogP contribution in [0.15, 0.2) is 64.4 Å². The van der Waals surface area contributed by atoms with Gasteiger partial charge in [-0.05, 0) is 72.5 Å². The van der Waals surface area contributed by atoms with Gasteiger partial charge in [-0.25, -0.2) is 0 Å². The summed E-state index contributed by atoms with van der Waals surface area (Å²) in [6, 6.07) is 15.4. The molecular weight excluding hydrogens is 532 g/mol. The molecule has 0 amide bonds. The number of hydrogen-bond donors (Lipinski definition) is 7. The van der Waals surface area contributed by atoms with Crippen LogP contribution < -0.4 is 22.5 Å². The largest absolute Gasteiger partial charge is 0.505 e. The third-order valence-electron chi connectivity index (χ3n) is 5.93. The standard InChI is InChI=1S/C15H18N2.C10H10N2O7S2/c1-10-8-12(4-6-14(10)16)13-5-7-15(17-3)11(2)9-13;11-5-2-1-4-6(20(14,15)16)3-7(21(17,18)19)9(12)8(4)10(5)13/h4-9,17H,16H2,1-3H3;1-3,13H,11-12H2,(H,14,15,16)(H,17,18,19). The van der Waals surface area contributed by atoms with E-state index in [1.165, 1.54) is 22.4 Å². The van der Waals surface area contributed by atoms with Crippen molar-refractivity contribution in [3.05, 3.63) is 65.7 Å². The lowest BCUT2D eigenvalue weighted by Gasteiger charge is -2.13. The Morgan fingerprint density at radius 1 is 0.711 bits per heavy atom. The number of phenols is 1. The lowest BCUT2D eigenvalue weighted by atomic mass is 10.00. The summed E-state index contributed by atoms with van der Waals surface area (Å²) < 4.78 is 63.5. The monoisotopic (exact) mass is 560 g/mol. The smallest absolute Gasteiger partial charge is 0.296 e. The summed E-state index contributed by atoms with van der Waals surface area (Å²) in [4.78, 5) is -1.81. The summed E-state index contributed by atoms with van der Waals surface area (Å²) >= 11 is 0. The molecule has 4 aromatic rings. The van der Waals surface area contributed by atoms with Crippen LogP contribution in [0.3, 0.4) is 0 Å². The van der Waals surface area contributed by atoms with Crippen molar-refractivity contribution in [3.63, 3.8) is 0 Å². The Kier molecular flexibility index (Phi) is 7.79. The third-order valence-corrected chi connectivity index (χ3v) is 7.71. The van der Waals surface area contributed by atoms with Gasteiger partial charge in [0.15, 0.2) is 0 Å². The first-order valence-corrected chi connectivity index (χ1v) is 13.9. The zero-order valence-corrected chi connectivity index (χ0v) is 22.4. The maximum atomic E-state index is 11.4. The normalized spacial score (nSPS) is 11.6. The predicted molar refractivity (Wildman–Crippen MR) is 149 cm³/mol. The number of rotatable bonds is 4. The molecule has 13 heteroatoms. The van der Waals surface area contributed by atoms with E-state index >= 15 is 0 Å². The minimum absolute atomic E-state index is 0.192. The fraction of sp³-hybridized carbons (Fsp3) is 0.120. The van der Waals surface area contributed by atoms with Crippen molar-refractivity contribution in [2.24, 2.45) is 0 Å². The molecule has 0 heterocycles. The lowest BCUT2D eigenvalue weighted by molar-refractivity contribution is 0.481. The van der Waals surface area contributed by atoms with Gasteiger partial charge in [0.25, 0.3) is 20.2 Å². The van der Waals surface area contributed by atoms with Crippen LogP contribution in [-0.4, -0.2) is 38.1 Å². The highest BCUT2D eigenvalue weighted by Gasteiger charge is 2.26. The molecule has 0 atom stereocenters. The molecule has 0 saturated heterocycles. The summed E-state index contributed by atoms with van der Waals surface area (Å²) in [6.07, 6.45) is 0. The fourth-order valence-electron chi connectivity index (χ4n) is 3.89. The van der Waals surface area contributed by atoms with Crippen LogP contribution in [0.4, 0.5) is 22.7 Å². The van der Waals surface area contributed by atoms with Crippen molar-refractivity contribution < 1.29 is 31.0 Å². The Labute approximate surface area is 220 Å². The zero-order valence-electron chi connectivity index (χ0n) is 20.7. The van der Waals surface area contributed by atoms with Crippen LogP contribution in [-0.2, 0) is 20.2 Å². The van der Waals surface area contributed by atoms with E-state index in [1.54, 1.807) is 0 Å². The molecule has 0 saturated carbocycles. The molecule has 0 aliphatic rings. The van der Waals surface area contributed by atoms with Gasteiger partial charge in [0.2, 0.25) is 0 Å². The number of aromatic hydroxyl groups is 1. The molecule has 0 fully saturated rings. The fourth-order valence-corrected chi connectivity index (χ4v) is 5.32. The highest BCUT2D eigenvalue weighted by molar-refractivity contribution is 7.87. The van der Waals surface area contributed by atoms with Crippen molar-refractivity contribution in [3.8, 4) is 16.9 Å². The van der Waals surface area contributed by atoms with E-state index in [-0.39, 0.29) is 11.1 Å². The molecule has 0 unspecified atom stereocenters. The number of nitrogens with one attached hydrogen (secondary N) is 1. The predicted octanol–water partition coefficient (Wildman–Crippen LogP) is 3.80. The average molecular weight is 561 g/mol.